The van der Waals surface area contributed by atoms with Crippen molar-refractivity contribution in [3.8, 4) is 33.9 Å². The van der Waals surface area contributed by atoms with Crippen LogP contribution in [0.1, 0.15) is 0 Å². The Bertz CT molecular complexity index is 1010. The number of fused-ring (bicyclic) bond motifs is 1. The summed E-state index contributed by atoms with van der Waals surface area (Å²) in [7, 11) is 0. The number of hydrogen-bond acceptors (Lipinski definition) is 2. The van der Waals surface area contributed by atoms with Gasteiger partial charge in [-0.1, -0.05) is 48.5 Å². The molecule has 0 aliphatic carbocycles. The molecule has 0 aliphatic heterocycles. The van der Waals surface area contributed by atoms with Crippen molar-refractivity contribution in [3.05, 3.63) is 78.9 Å². The fraction of sp³-hybridized carbons (Fsp3) is 0. The maximum atomic E-state index is 9.88. The second-order valence-corrected chi connectivity index (χ2v) is 5.59. The Morgan fingerprint density at radius 3 is 1.88 bits per heavy atom. The first kappa shape index (κ1) is 14.3. The van der Waals surface area contributed by atoms with Gasteiger partial charge in [0.05, 0.1) is 23.1 Å². The van der Waals surface area contributed by atoms with Crippen LogP contribution in [-0.4, -0.2) is 10.2 Å². The zero-order valence-electron chi connectivity index (χ0n) is 12.8. The van der Waals surface area contributed by atoms with Gasteiger partial charge in [-0.15, -0.1) is 0 Å². The molecule has 0 radical (unpaired) electrons. The summed E-state index contributed by atoms with van der Waals surface area (Å²) in [6, 6.07) is 24.6. The van der Waals surface area contributed by atoms with Crippen molar-refractivity contribution in [2.75, 3.05) is 0 Å². The van der Waals surface area contributed by atoms with Crippen LogP contribution < -0.4 is 0 Å². The molecule has 3 nitrogen and oxygen atoms in total. The van der Waals surface area contributed by atoms with E-state index in [4.69, 9.17) is 4.42 Å². The molecular weight excluding hydrogens is 300 g/mol. The summed E-state index contributed by atoms with van der Waals surface area (Å²) in [5.74, 6) is 0.338. The van der Waals surface area contributed by atoms with Crippen molar-refractivity contribution in [1.29, 1.82) is 0 Å². The molecule has 3 heteroatoms. The summed E-state index contributed by atoms with van der Waals surface area (Å²) >= 11 is 0. The van der Waals surface area contributed by atoms with Crippen molar-refractivity contribution in [2.24, 2.45) is 0 Å². The van der Waals surface area contributed by atoms with Gasteiger partial charge in [0.25, 0.3) is 0 Å². The van der Waals surface area contributed by atoms with Gasteiger partial charge in [-0.3, -0.25) is 0 Å². The van der Waals surface area contributed by atoms with Crippen molar-refractivity contribution in [1.82, 2.24) is 0 Å². The van der Waals surface area contributed by atoms with E-state index in [1.54, 1.807) is 0 Å². The lowest BCUT2D eigenvalue weighted by Gasteiger charge is -2.05. The average Bonchev–Trinajstić information content (AvgIpc) is 2.63. The molecule has 0 spiro atoms. The van der Waals surface area contributed by atoms with Crippen molar-refractivity contribution in [3.63, 3.8) is 0 Å². The molecule has 0 atom stereocenters. The van der Waals surface area contributed by atoms with E-state index in [0.29, 0.717) is 11.3 Å². The van der Waals surface area contributed by atoms with Crippen LogP contribution in [0.5, 0.6) is 11.5 Å². The predicted octanol–water partition coefficient (Wildman–Crippen LogP) is 5.46. The molecule has 116 valence electrons. The monoisotopic (exact) mass is 315 g/mol. The number of phenolic OH excluding ortho intramolecular Hbond substituents is 2. The Balaban J connectivity index is 2.06. The number of aromatic hydroxyl groups is 2. The van der Waals surface area contributed by atoms with E-state index in [9.17, 15) is 10.2 Å². The Morgan fingerprint density at radius 2 is 1.21 bits per heavy atom. The van der Waals surface area contributed by atoms with Gasteiger partial charge < -0.3 is 10.2 Å². The maximum absolute atomic E-state index is 9.88. The van der Waals surface area contributed by atoms with Crippen molar-refractivity contribution < 1.29 is 14.6 Å². The molecule has 0 unspecified atom stereocenters. The Labute approximate surface area is 139 Å². The highest BCUT2D eigenvalue weighted by Crippen LogP contribution is 2.38. The number of benzene rings is 3. The van der Waals surface area contributed by atoms with Gasteiger partial charge in [0.2, 0.25) is 0 Å². The molecule has 0 saturated carbocycles. The van der Waals surface area contributed by atoms with Crippen LogP contribution in [0.3, 0.4) is 0 Å². The normalized spacial score (nSPS) is 10.8. The number of phenols is 2. The van der Waals surface area contributed by atoms with E-state index < -0.39 is 0 Å². The van der Waals surface area contributed by atoms with E-state index >= 15 is 0 Å². The topological polar surface area (TPSA) is 51.8 Å². The van der Waals surface area contributed by atoms with Gasteiger partial charge in [-0.25, -0.2) is 4.42 Å². The first-order valence-corrected chi connectivity index (χ1v) is 7.66. The van der Waals surface area contributed by atoms with Crippen LogP contribution in [0.25, 0.3) is 33.4 Å². The highest BCUT2D eigenvalue weighted by atomic mass is 16.3. The van der Waals surface area contributed by atoms with Crippen molar-refractivity contribution in [2.45, 2.75) is 0 Å². The second-order valence-electron chi connectivity index (χ2n) is 5.59. The first-order chi connectivity index (χ1) is 11.7. The minimum absolute atomic E-state index is 0.164. The zero-order valence-corrected chi connectivity index (χ0v) is 12.8. The molecule has 1 heterocycles. The largest absolute Gasteiger partial charge is 0.504 e. The minimum Gasteiger partial charge on any atom is -0.504 e. The first-order valence-electron chi connectivity index (χ1n) is 7.66. The molecule has 0 saturated heterocycles. The van der Waals surface area contributed by atoms with Crippen LogP contribution in [0.2, 0.25) is 0 Å². The number of hydrogen-bond donors (Lipinski definition) is 2. The smallest absolute Gasteiger partial charge is 0.365 e. The van der Waals surface area contributed by atoms with Gasteiger partial charge in [0, 0.05) is 11.6 Å². The summed E-state index contributed by atoms with van der Waals surface area (Å²) in [4.78, 5) is 0. The van der Waals surface area contributed by atoms with Crippen LogP contribution in [0, 0.1) is 0 Å². The van der Waals surface area contributed by atoms with Gasteiger partial charge in [-0.2, -0.15) is 0 Å². The predicted molar refractivity (Wildman–Crippen MR) is 94.8 cm³/mol. The third-order valence-electron chi connectivity index (χ3n) is 4.01. The van der Waals surface area contributed by atoms with E-state index in [-0.39, 0.29) is 11.5 Å². The van der Waals surface area contributed by atoms with Gasteiger partial charge in [-0.05, 0) is 17.7 Å². The lowest BCUT2D eigenvalue weighted by atomic mass is 9.99. The van der Waals surface area contributed by atoms with E-state index in [1.807, 2.05) is 66.7 Å². The lowest BCUT2D eigenvalue weighted by Crippen LogP contribution is -1.86. The van der Waals surface area contributed by atoms with Crippen LogP contribution in [0.15, 0.2) is 83.3 Å². The molecule has 1 aromatic heterocycles. The molecular formula is C21H15O3+. The van der Waals surface area contributed by atoms with E-state index in [1.165, 1.54) is 12.1 Å². The summed E-state index contributed by atoms with van der Waals surface area (Å²) in [6.45, 7) is 0. The van der Waals surface area contributed by atoms with Gasteiger partial charge in [0.1, 0.15) is 0 Å². The standard InChI is InChI=1S/C21H14O3/c22-18-11-17-16(14-7-3-1-4-8-14)12-20(15-9-5-2-6-10-15)24-21(17)13-19(18)23/h1-13H,(H-,22,23)/p+1. The van der Waals surface area contributed by atoms with Crippen LogP contribution in [0.4, 0.5) is 0 Å². The summed E-state index contributed by atoms with van der Waals surface area (Å²) in [5, 5.41) is 20.5. The fourth-order valence-corrected chi connectivity index (χ4v) is 2.81. The van der Waals surface area contributed by atoms with Gasteiger partial charge >= 0.3 is 11.3 Å². The Morgan fingerprint density at radius 1 is 0.625 bits per heavy atom. The Hall–Kier alpha value is -3.33. The summed E-state index contributed by atoms with van der Waals surface area (Å²) in [5.41, 5.74) is 3.42. The summed E-state index contributed by atoms with van der Waals surface area (Å²) < 4.78 is 5.97. The second kappa shape index (κ2) is 5.70. The Kier molecular flexibility index (Phi) is 3.39. The average molecular weight is 315 g/mol. The molecule has 3 aromatic carbocycles. The number of rotatable bonds is 2. The quantitative estimate of drug-likeness (QED) is 0.381. The SMILES string of the molecule is Oc1cc2[o+]c(-c3ccccc3)cc(-c3ccccc3)c2cc1O. The highest BCUT2D eigenvalue weighted by molar-refractivity contribution is 5.96. The lowest BCUT2D eigenvalue weighted by molar-refractivity contribution is 0.404. The third kappa shape index (κ3) is 2.46. The maximum Gasteiger partial charge on any atom is 0.365 e. The highest BCUT2D eigenvalue weighted by Gasteiger charge is 2.21. The van der Waals surface area contributed by atoms with Crippen LogP contribution in [-0.2, 0) is 0 Å². The molecule has 0 amide bonds. The molecule has 2 N–H and O–H groups in total. The van der Waals surface area contributed by atoms with Gasteiger partial charge in [0.15, 0.2) is 11.5 Å². The molecule has 4 aromatic rings. The third-order valence-corrected chi connectivity index (χ3v) is 4.01. The molecule has 0 aliphatic rings. The molecule has 0 bridgehead atoms. The van der Waals surface area contributed by atoms with E-state index in [0.717, 1.165) is 22.1 Å². The summed E-state index contributed by atoms with van der Waals surface area (Å²) in [6.07, 6.45) is 0. The molecule has 0 fully saturated rings. The fourth-order valence-electron chi connectivity index (χ4n) is 2.81. The van der Waals surface area contributed by atoms with Crippen molar-refractivity contribution >= 4 is 11.0 Å². The van der Waals surface area contributed by atoms with E-state index in [2.05, 4.69) is 0 Å². The molecule has 4 rings (SSSR count). The van der Waals surface area contributed by atoms with Crippen LogP contribution >= 0.6 is 0 Å². The molecule has 24 heavy (non-hydrogen) atoms. The zero-order chi connectivity index (χ0) is 16.5. The minimum atomic E-state index is -0.199.